The molecule has 112 valence electrons. The van der Waals surface area contributed by atoms with Gasteiger partial charge in [0.25, 0.3) is 0 Å². The summed E-state index contributed by atoms with van der Waals surface area (Å²) in [7, 11) is -3.68. The first-order valence-corrected chi connectivity index (χ1v) is 8.54. The minimum absolute atomic E-state index is 0.00389. The molecule has 0 saturated carbocycles. The molecule has 2 heterocycles. The molecule has 0 amide bonds. The number of nitrogens with one attached hydrogen (secondary N) is 1. The van der Waals surface area contributed by atoms with Crippen LogP contribution in [0.5, 0.6) is 0 Å². The van der Waals surface area contributed by atoms with Crippen molar-refractivity contribution < 1.29 is 23.1 Å². The van der Waals surface area contributed by atoms with E-state index in [9.17, 15) is 13.2 Å². The molecule has 2 rings (SSSR count). The summed E-state index contributed by atoms with van der Waals surface area (Å²) in [5.41, 5.74) is -0.355. The van der Waals surface area contributed by atoms with Gasteiger partial charge in [-0.05, 0) is 32.8 Å². The standard InChI is InChI=1S/C12H17NO5S2/c1-12(2)6-8(3-4-18-12)13-20(16,17)9-5-10(11(14)15)19-7-9/h5,7-8,13H,3-4,6H2,1-2H3,(H,14,15). The third-order valence-corrected chi connectivity index (χ3v) is 5.68. The number of carboxylic acids is 1. The Bertz CT molecular complexity index is 605. The van der Waals surface area contributed by atoms with Gasteiger partial charge in [-0.15, -0.1) is 11.3 Å². The summed E-state index contributed by atoms with van der Waals surface area (Å²) < 4.78 is 32.6. The van der Waals surface area contributed by atoms with Crippen molar-refractivity contribution in [2.75, 3.05) is 6.61 Å². The van der Waals surface area contributed by atoms with Gasteiger partial charge >= 0.3 is 5.97 Å². The van der Waals surface area contributed by atoms with Crippen LogP contribution in [0.2, 0.25) is 0 Å². The van der Waals surface area contributed by atoms with E-state index in [1.165, 1.54) is 11.4 Å². The second-order valence-corrected chi connectivity index (χ2v) is 8.00. The number of rotatable bonds is 4. The summed E-state index contributed by atoms with van der Waals surface area (Å²) in [4.78, 5) is 10.8. The average molecular weight is 319 g/mol. The maximum absolute atomic E-state index is 12.2. The highest BCUT2D eigenvalue weighted by Gasteiger charge is 2.32. The molecule has 1 aromatic heterocycles. The highest BCUT2D eigenvalue weighted by atomic mass is 32.2. The Balaban J connectivity index is 2.12. The summed E-state index contributed by atoms with van der Waals surface area (Å²) in [5.74, 6) is -1.12. The van der Waals surface area contributed by atoms with Crippen LogP contribution in [0.3, 0.4) is 0 Å². The van der Waals surface area contributed by atoms with Crippen molar-refractivity contribution >= 4 is 27.3 Å². The fourth-order valence-electron chi connectivity index (χ4n) is 2.19. The lowest BCUT2D eigenvalue weighted by Gasteiger charge is -2.35. The Morgan fingerprint density at radius 3 is 2.80 bits per heavy atom. The molecular weight excluding hydrogens is 302 g/mol. The summed E-state index contributed by atoms with van der Waals surface area (Å²) in [6.45, 7) is 4.34. The zero-order valence-electron chi connectivity index (χ0n) is 11.3. The minimum Gasteiger partial charge on any atom is -0.477 e. The number of sulfonamides is 1. The van der Waals surface area contributed by atoms with Gasteiger partial charge in [-0.2, -0.15) is 0 Å². The van der Waals surface area contributed by atoms with Crippen molar-refractivity contribution in [2.45, 2.75) is 43.2 Å². The molecule has 0 aromatic carbocycles. The first kappa shape index (κ1) is 15.4. The van der Waals surface area contributed by atoms with Crippen molar-refractivity contribution in [3.8, 4) is 0 Å². The van der Waals surface area contributed by atoms with Crippen molar-refractivity contribution in [3.63, 3.8) is 0 Å². The van der Waals surface area contributed by atoms with Gasteiger partial charge in [-0.1, -0.05) is 0 Å². The normalized spacial score (nSPS) is 22.6. The van der Waals surface area contributed by atoms with Crippen LogP contribution in [0, 0.1) is 0 Å². The van der Waals surface area contributed by atoms with E-state index in [2.05, 4.69) is 4.72 Å². The van der Waals surface area contributed by atoms with E-state index in [0.29, 0.717) is 19.4 Å². The molecule has 1 aromatic rings. The van der Waals surface area contributed by atoms with Gasteiger partial charge < -0.3 is 9.84 Å². The first-order valence-electron chi connectivity index (χ1n) is 6.18. The predicted molar refractivity (Wildman–Crippen MR) is 74.7 cm³/mol. The number of hydrogen-bond acceptors (Lipinski definition) is 5. The molecule has 1 fully saturated rings. The third kappa shape index (κ3) is 3.57. The fraction of sp³-hybridized carbons (Fsp3) is 0.583. The van der Waals surface area contributed by atoms with Crippen LogP contribution in [0.4, 0.5) is 0 Å². The zero-order valence-corrected chi connectivity index (χ0v) is 12.9. The van der Waals surface area contributed by atoms with Gasteiger partial charge in [0, 0.05) is 18.0 Å². The number of thiophene rings is 1. The zero-order chi connectivity index (χ0) is 15.0. The molecule has 0 aliphatic carbocycles. The van der Waals surface area contributed by atoms with Crippen molar-refractivity contribution in [1.82, 2.24) is 4.72 Å². The molecule has 8 heteroatoms. The van der Waals surface area contributed by atoms with Gasteiger partial charge in [0.05, 0.1) is 10.5 Å². The monoisotopic (exact) mass is 319 g/mol. The van der Waals surface area contributed by atoms with Crippen LogP contribution in [0.25, 0.3) is 0 Å². The molecule has 0 spiro atoms. The highest BCUT2D eigenvalue weighted by molar-refractivity contribution is 7.89. The topological polar surface area (TPSA) is 92.7 Å². The number of aromatic carboxylic acids is 1. The van der Waals surface area contributed by atoms with E-state index < -0.39 is 16.0 Å². The van der Waals surface area contributed by atoms with E-state index in [1.54, 1.807) is 0 Å². The SMILES string of the molecule is CC1(C)CC(NS(=O)(=O)c2csc(C(=O)O)c2)CCO1. The Hall–Kier alpha value is -0.960. The molecule has 1 aliphatic rings. The minimum atomic E-state index is -3.68. The Kier molecular flexibility index (Phi) is 4.19. The van der Waals surface area contributed by atoms with Crippen LogP contribution in [-0.4, -0.2) is 37.7 Å². The Morgan fingerprint density at radius 1 is 1.55 bits per heavy atom. The van der Waals surface area contributed by atoms with Gasteiger partial charge in [0.1, 0.15) is 4.88 Å². The van der Waals surface area contributed by atoms with Crippen molar-refractivity contribution in [1.29, 1.82) is 0 Å². The second kappa shape index (κ2) is 5.44. The summed E-state index contributed by atoms with van der Waals surface area (Å²) in [6, 6.07) is 0.983. The van der Waals surface area contributed by atoms with Crippen LogP contribution < -0.4 is 4.72 Å². The van der Waals surface area contributed by atoms with E-state index >= 15 is 0 Å². The Labute approximate surface area is 121 Å². The summed E-state index contributed by atoms with van der Waals surface area (Å²) in [6.07, 6.45) is 1.20. The van der Waals surface area contributed by atoms with E-state index in [-0.39, 0.29) is 21.4 Å². The average Bonchev–Trinajstić information content (AvgIpc) is 2.76. The maximum atomic E-state index is 12.2. The van der Waals surface area contributed by atoms with Gasteiger partial charge in [0.15, 0.2) is 0 Å². The molecular formula is C12H17NO5S2. The molecule has 0 bridgehead atoms. The number of carbonyl (C=O) groups is 1. The molecule has 0 radical (unpaired) electrons. The Morgan fingerprint density at radius 2 is 2.25 bits per heavy atom. The third-order valence-electron chi connectivity index (χ3n) is 3.12. The highest BCUT2D eigenvalue weighted by Crippen LogP contribution is 2.26. The molecule has 2 N–H and O–H groups in total. The van der Waals surface area contributed by atoms with Crippen LogP contribution in [-0.2, 0) is 14.8 Å². The maximum Gasteiger partial charge on any atom is 0.345 e. The lowest BCUT2D eigenvalue weighted by Crippen LogP contribution is -2.45. The lowest BCUT2D eigenvalue weighted by molar-refractivity contribution is -0.0599. The first-order chi connectivity index (χ1) is 9.20. The van der Waals surface area contributed by atoms with Crippen LogP contribution >= 0.6 is 11.3 Å². The molecule has 20 heavy (non-hydrogen) atoms. The number of ether oxygens (including phenoxy) is 1. The molecule has 1 atom stereocenters. The van der Waals surface area contributed by atoms with E-state index in [0.717, 1.165) is 11.3 Å². The number of hydrogen-bond donors (Lipinski definition) is 2. The van der Waals surface area contributed by atoms with Crippen LogP contribution in [0.15, 0.2) is 16.3 Å². The fourth-order valence-corrected chi connectivity index (χ4v) is 4.57. The van der Waals surface area contributed by atoms with E-state index in [1.807, 2.05) is 13.8 Å². The smallest absolute Gasteiger partial charge is 0.345 e. The van der Waals surface area contributed by atoms with Gasteiger partial charge in [-0.3, -0.25) is 0 Å². The summed E-state index contributed by atoms with van der Waals surface area (Å²) >= 11 is 0.903. The quantitative estimate of drug-likeness (QED) is 0.881. The van der Waals surface area contributed by atoms with Crippen LogP contribution in [0.1, 0.15) is 36.4 Å². The predicted octanol–water partition coefficient (Wildman–Crippen LogP) is 1.68. The second-order valence-electron chi connectivity index (χ2n) is 5.37. The molecule has 1 unspecified atom stereocenters. The molecule has 1 saturated heterocycles. The summed E-state index contributed by atoms with van der Waals surface area (Å²) in [5, 5.41) is 10.2. The number of carboxylic acid groups (broad SMARTS) is 1. The van der Waals surface area contributed by atoms with Crippen molar-refractivity contribution in [2.24, 2.45) is 0 Å². The molecule has 1 aliphatic heterocycles. The molecule has 6 nitrogen and oxygen atoms in total. The van der Waals surface area contributed by atoms with Gasteiger partial charge in [0.2, 0.25) is 10.0 Å². The van der Waals surface area contributed by atoms with Gasteiger partial charge in [-0.25, -0.2) is 17.9 Å². The van der Waals surface area contributed by atoms with Crippen molar-refractivity contribution in [3.05, 3.63) is 16.3 Å². The lowest BCUT2D eigenvalue weighted by atomic mass is 9.95. The van der Waals surface area contributed by atoms with E-state index in [4.69, 9.17) is 9.84 Å². The largest absolute Gasteiger partial charge is 0.477 e.